The van der Waals surface area contributed by atoms with E-state index in [1.54, 1.807) is 17.8 Å². The maximum Gasteiger partial charge on any atom is 0.133 e. The molecule has 1 aliphatic heterocycles. The highest BCUT2D eigenvalue weighted by atomic mass is 35.5. The van der Waals surface area contributed by atoms with Gasteiger partial charge in [0.1, 0.15) is 5.75 Å². The minimum absolute atomic E-state index is 0.197. The number of aromatic nitrogens is 1. The largest absolute Gasteiger partial charge is 0.506 e. The summed E-state index contributed by atoms with van der Waals surface area (Å²) in [5.41, 5.74) is 0.417. The molecule has 0 bridgehead atoms. The fourth-order valence-corrected chi connectivity index (χ4v) is 5.44. The van der Waals surface area contributed by atoms with Crippen molar-refractivity contribution in [3.63, 3.8) is 0 Å². The molecule has 1 aliphatic carbocycles. The summed E-state index contributed by atoms with van der Waals surface area (Å²) < 4.78 is 0. The summed E-state index contributed by atoms with van der Waals surface area (Å²) in [6, 6.07) is 11.3. The van der Waals surface area contributed by atoms with E-state index in [0.29, 0.717) is 18.3 Å². The van der Waals surface area contributed by atoms with Gasteiger partial charge >= 0.3 is 0 Å². The SMILES string of the molecule is Oc1ccc(SCN2C[C@@H]3C[C@@](O)(Cc4ccccc4Cl)C[C@@H]3C2)nc1. The van der Waals surface area contributed by atoms with Crippen molar-refractivity contribution in [1.82, 2.24) is 9.88 Å². The summed E-state index contributed by atoms with van der Waals surface area (Å²) in [5, 5.41) is 22.1. The molecule has 0 amide bonds. The molecular weight excluding hydrogens is 368 g/mol. The van der Waals surface area contributed by atoms with Crippen molar-refractivity contribution >= 4 is 23.4 Å². The van der Waals surface area contributed by atoms with E-state index in [2.05, 4.69) is 9.88 Å². The normalized spacial score (nSPS) is 28.4. The zero-order valence-corrected chi connectivity index (χ0v) is 16.1. The summed E-state index contributed by atoms with van der Waals surface area (Å²) in [7, 11) is 0. The molecule has 2 fully saturated rings. The third-order valence-electron chi connectivity index (χ3n) is 5.53. The van der Waals surface area contributed by atoms with E-state index in [0.717, 1.165) is 47.4 Å². The van der Waals surface area contributed by atoms with Gasteiger partial charge < -0.3 is 10.2 Å². The number of halogens is 1. The van der Waals surface area contributed by atoms with E-state index in [4.69, 9.17) is 11.6 Å². The third kappa shape index (κ3) is 4.01. The van der Waals surface area contributed by atoms with Crippen LogP contribution in [-0.2, 0) is 6.42 Å². The van der Waals surface area contributed by atoms with Crippen LogP contribution in [0.1, 0.15) is 18.4 Å². The maximum absolute atomic E-state index is 11.1. The summed E-state index contributed by atoms with van der Waals surface area (Å²) in [5.74, 6) is 2.20. The zero-order valence-electron chi connectivity index (χ0n) is 14.5. The molecule has 1 aromatic carbocycles. The molecule has 3 atom stereocenters. The predicted octanol–water partition coefficient (Wildman–Crippen LogP) is 3.81. The van der Waals surface area contributed by atoms with Gasteiger partial charge in [0, 0.05) is 24.5 Å². The van der Waals surface area contributed by atoms with Crippen LogP contribution in [0.15, 0.2) is 47.6 Å². The van der Waals surface area contributed by atoms with Gasteiger partial charge in [0.25, 0.3) is 0 Å². The second kappa shape index (κ2) is 7.39. The highest BCUT2D eigenvalue weighted by Crippen LogP contribution is 2.46. The number of rotatable bonds is 5. The van der Waals surface area contributed by atoms with E-state index in [9.17, 15) is 10.2 Å². The van der Waals surface area contributed by atoms with Crippen LogP contribution in [0.25, 0.3) is 0 Å². The second-order valence-electron chi connectivity index (χ2n) is 7.58. The van der Waals surface area contributed by atoms with E-state index in [1.165, 1.54) is 6.20 Å². The molecular formula is C20H23ClN2O2S. The number of fused-ring (bicyclic) bond motifs is 1. The molecule has 1 aromatic heterocycles. The van der Waals surface area contributed by atoms with Crippen LogP contribution in [0.2, 0.25) is 5.02 Å². The summed E-state index contributed by atoms with van der Waals surface area (Å²) >= 11 is 7.97. The van der Waals surface area contributed by atoms with Crippen LogP contribution < -0.4 is 0 Å². The van der Waals surface area contributed by atoms with Gasteiger partial charge in [-0.15, -0.1) is 0 Å². The molecule has 2 N–H and O–H groups in total. The highest BCUT2D eigenvalue weighted by Gasteiger charge is 2.48. The lowest BCUT2D eigenvalue weighted by Crippen LogP contribution is -2.32. The quantitative estimate of drug-likeness (QED) is 0.760. The predicted molar refractivity (Wildman–Crippen MR) is 105 cm³/mol. The van der Waals surface area contributed by atoms with Crippen molar-refractivity contribution in [2.45, 2.75) is 29.9 Å². The Balaban J connectivity index is 1.31. The minimum Gasteiger partial charge on any atom is -0.506 e. The molecule has 2 aromatic rings. The molecule has 0 radical (unpaired) electrons. The van der Waals surface area contributed by atoms with Crippen molar-refractivity contribution in [3.05, 3.63) is 53.2 Å². The van der Waals surface area contributed by atoms with Crippen LogP contribution in [-0.4, -0.2) is 44.7 Å². The van der Waals surface area contributed by atoms with Gasteiger partial charge in [-0.25, -0.2) is 4.98 Å². The first-order valence-electron chi connectivity index (χ1n) is 8.97. The summed E-state index contributed by atoms with van der Waals surface area (Å²) in [6.07, 6.45) is 3.82. The van der Waals surface area contributed by atoms with Gasteiger partial charge in [-0.3, -0.25) is 4.90 Å². The van der Waals surface area contributed by atoms with Crippen molar-refractivity contribution in [2.75, 3.05) is 19.0 Å². The summed E-state index contributed by atoms with van der Waals surface area (Å²) in [6.45, 7) is 2.06. The monoisotopic (exact) mass is 390 g/mol. The molecule has 2 heterocycles. The lowest BCUT2D eigenvalue weighted by molar-refractivity contribution is 0.0362. The topological polar surface area (TPSA) is 56.6 Å². The number of aliphatic hydroxyl groups is 1. The Morgan fingerprint density at radius 2 is 1.88 bits per heavy atom. The van der Waals surface area contributed by atoms with Gasteiger partial charge in [-0.05, 0) is 48.4 Å². The zero-order chi connectivity index (χ0) is 18.1. The van der Waals surface area contributed by atoms with Crippen LogP contribution in [0.3, 0.4) is 0 Å². The Morgan fingerprint density at radius 1 is 1.15 bits per heavy atom. The first-order valence-corrected chi connectivity index (χ1v) is 10.3. The van der Waals surface area contributed by atoms with Crippen LogP contribution in [0, 0.1) is 11.8 Å². The number of thioether (sulfide) groups is 1. The van der Waals surface area contributed by atoms with Gasteiger partial charge in [-0.2, -0.15) is 0 Å². The second-order valence-corrected chi connectivity index (χ2v) is 8.96. The lowest BCUT2D eigenvalue weighted by Gasteiger charge is -2.26. The summed E-state index contributed by atoms with van der Waals surface area (Å²) in [4.78, 5) is 6.67. The van der Waals surface area contributed by atoms with Crippen molar-refractivity contribution < 1.29 is 10.2 Å². The molecule has 0 spiro atoms. The van der Waals surface area contributed by atoms with E-state index < -0.39 is 5.60 Å². The average molecular weight is 391 g/mol. The molecule has 1 saturated carbocycles. The van der Waals surface area contributed by atoms with Gasteiger partial charge in [0.15, 0.2) is 0 Å². The number of nitrogens with zero attached hydrogens (tertiary/aromatic N) is 2. The van der Waals surface area contributed by atoms with Gasteiger partial charge in [-0.1, -0.05) is 41.6 Å². The van der Waals surface area contributed by atoms with Crippen molar-refractivity contribution in [1.29, 1.82) is 0 Å². The number of hydrogen-bond donors (Lipinski definition) is 2. The van der Waals surface area contributed by atoms with E-state index in [1.807, 2.05) is 30.3 Å². The molecule has 4 nitrogen and oxygen atoms in total. The number of benzene rings is 1. The Hall–Kier alpha value is -1.27. The van der Waals surface area contributed by atoms with Crippen molar-refractivity contribution in [3.8, 4) is 5.75 Å². The smallest absolute Gasteiger partial charge is 0.133 e. The molecule has 0 unspecified atom stereocenters. The van der Waals surface area contributed by atoms with Gasteiger partial charge in [0.05, 0.1) is 22.7 Å². The fraction of sp³-hybridized carbons (Fsp3) is 0.450. The highest BCUT2D eigenvalue weighted by molar-refractivity contribution is 7.99. The molecule has 2 aliphatic rings. The van der Waals surface area contributed by atoms with Crippen LogP contribution >= 0.6 is 23.4 Å². The first-order chi connectivity index (χ1) is 12.5. The fourth-order valence-electron chi connectivity index (χ4n) is 4.42. The van der Waals surface area contributed by atoms with Crippen molar-refractivity contribution in [2.24, 2.45) is 11.8 Å². The molecule has 26 heavy (non-hydrogen) atoms. The molecule has 138 valence electrons. The first kappa shape index (κ1) is 18.1. The number of hydrogen-bond acceptors (Lipinski definition) is 5. The lowest BCUT2D eigenvalue weighted by atomic mass is 9.91. The van der Waals surface area contributed by atoms with Crippen LogP contribution in [0.4, 0.5) is 0 Å². The Bertz CT molecular complexity index is 757. The van der Waals surface area contributed by atoms with Gasteiger partial charge in [0.2, 0.25) is 0 Å². The van der Waals surface area contributed by atoms with E-state index in [-0.39, 0.29) is 5.75 Å². The number of likely N-dealkylation sites (tertiary alicyclic amines) is 1. The Labute approximate surface area is 163 Å². The number of pyridine rings is 1. The Morgan fingerprint density at radius 3 is 2.54 bits per heavy atom. The van der Waals surface area contributed by atoms with Crippen LogP contribution in [0.5, 0.6) is 5.75 Å². The number of aromatic hydroxyl groups is 1. The minimum atomic E-state index is -0.627. The standard InChI is InChI=1S/C20H23ClN2O2S/c21-18-4-2-1-3-14(18)7-20(25)8-15-11-23(12-16(15)9-20)13-26-19-6-5-17(24)10-22-19/h1-6,10,15-16,24-25H,7-9,11-13H2/t15-,16+,20-. The molecule has 6 heteroatoms. The molecule has 4 rings (SSSR count). The Kier molecular flexibility index (Phi) is 5.15. The third-order valence-corrected chi connectivity index (χ3v) is 6.93. The van der Waals surface area contributed by atoms with E-state index >= 15 is 0 Å². The molecule has 1 saturated heterocycles. The maximum atomic E-state index is 11.1. The average Bonchev–Trinajstić information content (AvgIpc) is 3.11.